The Bertz CT molecular complexity index is 890. The minimum Gasteiger partial charge on any atom is -0.497 e. The highest BCUT2D eigenvalue weighted by Crippen LogP contribution is 2.18. The van der Waals surface area contributed by atoms with Gasteiger partial charge in [0, 0.05) is 10.0 Å². The van der Waals surface area contributed by atoms with Crippen LogP contribution in [0, 0.1) is 0 Å². The molecule has 0 unspecified atom stereocenters. The summed E-state index contributed by atoms with van der Waals surface area (Å²) in [6.45, 7) is 2.39. The van der Waals surface area contributed by atoms with Crippen molar-refractivity contribution in [3.05, 3.63) is 58.6 Å². The number of sulfonamides is 1. The summed E-state index contributed by atoms with van der Waals surface area (Å²) in [6.07, 6.45) is 0. The molecule has 0 aliphatic carbocycles. The molecule has 0 amide bonds. The van der Waals surface area contributed by atoms with Crippen LogP contribution in [0.3, 0.4) is 0 Å². The Morgan fingerprint density at radius 2 is 1.67 bits per heavy atom. The SMILES string of the molecule is COc1ccc(C(=O)C[NH+]2CCN(S(=O)(=O)c3ccc(Br)cc3)CC2)cc1. The lowest BCUT2D eigenvalue weighted by Crippen LogP contribution is -3.15. The third-order valence-corrected chi connectivity index (χ3v) is 7.15. The summed E-state index contributed by atoms with van der Waals surface area (Å²) in [5, 5.41) is 0. The molecule has 0 saturated carbocycles. The van der Waals surface area contributed by atoms with Crippen LogP contribution in [-0.2, 0) is 10.0 Å². The highest BCUT2D eigenvalue weighted by Gasteiger charge is 2.31. The van der Waals surface area contributed by atoms with Crippen LogP contribution < -0.4 is 9.64 Å². The number of hydrogen-bond donors (Lipinski definition) is 1. The van der Waals surface area contributed by atoms with Gasteiger partial charge in [0.1, 0.15) is 12.3 Å². The molecule has 1 heterocycles. The van der Waals surface area contributed by atoms with E-state index in [2.05, 4.69) is 15.9 Å². The van der Waals surface area contributed by atoms with E-state index in [1.807, 2.05) is 0 Å². The predicted molar refractivity (Wildman–Crippen MR) is 106 cm³/mol. The van der Waals surface area contributed by atoms with Gasteiger partial charge in [-0.2, -0.15) is 4.31 Å². The second-order valence-corrected chi connectivity index (χ2v) is 9.29. The largest absolute Gasteiger partial charge is 0.497 e. The summed E-state index contributed by atoms with van der Waals surface area (Å²) in [5.74, 6) is 0.766. The van der Waals surface area contributed by atoms with Gasteiger partial charge in [0.05, 0.1) is 38.2 Å². The molecule has 1 fully saturated rings. The van der Waals surface area contributed by atoms with E-state index < -0.39 is 10.0 Å². The quantitative estimate of drug-likeness (QED) is 0.667. The van der Waals surface area contributed by atoms with Crippen molar-refractivity contribution < 1.29 is 22.8 Å². The summed E-state index contributed by atoms with van der Waals surface area (Å²) in [7, 11) is -1.90. The van der Waals surface area contributed by atoms with Crippen molar-refractivity contribution in [3.8, 4) is 5.75 Å². The topological polar surface area (TPSA) is 68.1 Å². The van der Waals surface area contributed by atoms with Gasteiger partial charge in [-0.05, 0) is 48.5 Å². The summed E-state index contributed by atoms with van der Waals surface area (Å²) >= 11 is 3.32. The first kappa shape index (κ1) is 20.0. The van der Waals surface area contributed by atoms with Crippen molar-refractivity contribution in [1.82, 2.24) is 4.31 Å². The molecule has 2 aromatic carbocycles. The fourth-order valence-corrected chi connectivity index (χ4v) is 4.79. The molecule has 1 aliphatic heterocycles. The van der Waals surface area contributed by atoms with Gasteiger partial charge in [-0.1, -0.05) is 15.9 Å². The molecular weight excluding hydrogens is 432 g/mol. The summed E-state index contributed by atoms with van der Waals surface area (Å²) in [6, 6.07) is 13.7. The molecule has 2 aromatic rings. The van der Waals surface area contributed by atoms with E-state index in [0.717, 1.165) is 9.37 Å². The highest BCUT2D eigenvalue weighted by atomic mass is 79.9. The number of ether oxygens (including phenoxy) is 1. The summed E-state index contributed by atoms with van der Waals surface area (Å²) < 4.78 is 32.9. The van der Waals surface area contributed by atoms with E-state index >= 15 is 0 Å². The number of hydrogen-bond acceptors (Lipinski definition) is 4. The molecule has 3 rings (SSSR count). The fourth-order valence-electron chi connectivity index (χ4n) is 3.08. The first-order valence-corrected chi connectivity index (χ1v) is 10.9. The average Bonchev–Trinajstić information content (AvgIpc) is 2.69. The van der Waals surface area contributed by atoms with Crippen molar-refractivity contribution >= 4 is 31.7 Å². The zero-order valence-corrected chi connectivity index (χ0v) is 17.4. The normalized spacial score (nSPS) is 16.2. The van der Waals surface area contributed by atoms with E-state index in [-0.39, 0.29) is 5.78 Å². The second kappa shape index (κ2) is 8.52. The monoisotopic (exact) mass is 453 g/mol. The maximum Gasteiger partial charge on any atom is 0.243 e. The molecule has 0 radical (unpaired) electrons. The lowest BCUT2D eigenvalue weighted by molar-refractivity contribution is -0.895. The van der Waals surface area contributed by atoms with E-state index in [4.69, 9.17) is 4.74 Å². The van der Waals surface area contributed by atoms with Gasteiger partial charge in [0.15, 0.2) is 0 Å². The lowest BCUT2D eigenvalue weighted by atomic mass is 10.1. The van der Waals surface area contributed by atoms with Crippen LogP contribution in [0.25, 0.3) is 0 Å². The van der Waals surface area contributed by atoms with Crippen LogP contribution >= 0.6 is 15.9 Å². The number of piperazine rings is 1. The lowest BCUT2D eigenvalue weighted by Gasteiger charge is -2.31. The van der Waals surface area contributed by atoms with Gasteiger partial charge in [0.25, 0.3) is 0 Å². The molecule has 1 N–H and O–H groups in total. The highest BCUT2D eigenvalue weighted by molar-refractivity contribution is 9.10. The van der Waals surface area contributed by atoms with Crippen LogP contribution in [0.5, 0.6) is 5.75 Å². The van der Waals surface area contributed by atoms with Crippen molar-refractivity contribution in [2.24, 2.45) is 0 Å². The summed E-state index contributed by atoms with van der Waals surface area (Å²) in [5.41, 5.74) is 0.646. The van der Waals surface area contributed by atoms with Gasteiger partial charge in [-0.15, -0.1) is 0 Å². The molecule has 0 atom stereocenters. The van der Waals surface area contributed by atoms with Crippen molar-refractivity contribution in [2.45, 2.75) is 4.90 Å². The maximum absolute atomic E-state index is 12.7. The number of carbonyl (C=O) groups excluding carboxylic acids is 1. The fraction of sp³-hybridized carbons (Fsp3) is 0.316. The number of nitrogens with one attached hydrogen (secondary N) is 1. The number of quaternary nitrogens is 1. The molecule has 1 saturated heterocycles. The van der Waals surface area contributed by atoms with Crippen LogP contribution in [0.15, 0.2) is 57.9 Å². The van der Waals surface area contributed by atoms with Gasteiger partial charge in [0.2, 0.25) is 15.8 Å². The second-order valence-electron chi connectivity index (χ2n) is 6.44. The zero-order chi connectivity index (χ0) is 19.4. The molecule has 0 aromatic heterocycles. The molecule has 6 nitrogen and oxygen atoms in total. The number of carbonyl (C=O) groups is 1. The number of benzene rings is 2. The van der Waals surface area contributed by atoms with Gasteiger partial charge in [-0.3, -0.25) is 4.79 Å². The maximum atomic E-state index is 12.7. The smallest absolute Gasteiger partial charge is 0.243 e. The number of methoxy groups -OCH3 is 1. The third-order valence-electron chi connectivity index (χ3n) is 4.70. The minimum absolute atomic E-state index is 0.0527. The van der Waals surface area contributed by atoms with Crippen molar-refractivity contribution in [1.29, 1.82) is 0 Å². The molecule has 1 aliphatic rings. The van der Waals surface area contributed by atoms with Crippen LogP contribution in [0.1, 0.15) is 10.4 Å². The molecule has 144 valence electrons. The minimum atomic E-state index is -3.49. The molecule has 0 bridgehead atoms. The third kappa shape index (κ3) is 4.76. The number of ketones is 1. The van der Waals surface area contributed by atoms with E-state index in [1.165, 1.54) is 4.31 Å². The van der Waals surface area contributed by atoms with Crippen molar-refractivity contribution in [3.63, 3.8) is 0 Å². The zero-order valence-electron chi connectivity index (χ0n) is 15.0. The van der Waals surface area contributed by atoms with Gasteiger partial charge >= 0.3 is 0 Å². The van der Waals surface area contributed by atoms with Crippen molar-refractivity contribution in [2.75, 3.05) is 39.8 Å². The summed E-state index contributed by atoms with van der Waals surface area (Å²) in [4.78, 5) is 13.8. The Kier molecular flexibility index (Phi) is 6.31. The Morgan fingerprint density at radius 1 is 1.07 bits per heavy atom. The molecule has 27 heavy (non-hydrogen) atoms. The van der Waals surface area contributed by atoms with Crippen LogP contribution in [0.4, 0.5) is 0 Å². The number of Topliss-reactive ketones (excluding diaryl/α,β-unsaturated/α-hetero) is 1. The Balaban J connectivity index is 1.58. The Hall–Kier alpha value is -1.74. The van der Waals surface area contributed by atoms with Gasteiger partial charge in [-0.25, -0.2) is 8.42 Å². The standard InChI is InChI=1S/C19H21BrN2O4S/c1-26-17-6-2-15(3-7-17)19(23)14-21-10-12-22(13-11-21)27(24,25)18-8-4-16(20)5-9-18/h2-9H,10-14H2,1H3/p+1. The van der Waals surface area contributed by atoms with Gasteiger partial charge < -0.3 is 9.64 Å². The van der Waals surface area contributed by atoms with E-state index in [9.17, 15) is 13.2 Å². The molecule has 0 spiro atoms. The number of rotatable bonds is 6. The van der Waals surface area contributed by atoms with E-state index in [0.29, 0.717) is 48.9 Å². The number of halogens is 1. The van der Waals surface area contributed by atoms with Crippen LogP contribution in [-0.4, -0.2) is 58.3 Å². The Morgan fingerprint density at radius 3 is 2.22 bits per heavy atom. The first-order chi connectivity index (χ1) is 12.9. The van der Waals surface area contributed by atoms with E-state index in [1.54, 1.807) is 55.6 Å². The predicted octanol–water partition coefficient (Wildman–Crippen LogP) is 1.23. The van der Waals surface area contributed by atoms with Crippen LogP contribution in [0.2, 0.25) is 0 Å². The first-order valence-electron chi connectivity index (χ1n) is 8.66. The molecular formula is C19H22BrN2O4S+. The average molecular weight is 454 g/mol. The Labute approximate surface area is 167 Å². The molecule has 8 heteroatoms. The number of nitrogens with zero attached hydrogens (tertiary/aromatic N) is 1.